The standard InChI is InChI=1S/C20H23Cl2N3O3/c21-16-4-3-15(12-17(16)22)28-14-5-9-25(10-6-14)11-8-24-20(27)13-18-19(26)2-1-7-23-18/h1-4,7,12,14,26H,5-6,8-11,13H2,(H,24,27). The predicted octanol–water partition coefficient (Wildman–Crippen LogP) is 3.30. The van der Waals surface area contributed by atoms with Crippen molar-refractivity contribution in [3.05, 3.63) is 52.3 Å². The maximum absolute atomic E-state index is 12.0. The number of nitrogens with zero attached hydrogens (tertiary/aromatic N) is 2. The van der Waals surface area contributed by atoms with E-state index in [1.165, 1.54) is 6.07 Å². The molecule has 1 saturated heterocycles. The number of aromatic nitrogens is 1. The van der Waals surface area contributed by atoms with Gasteiger partial charge in [-0.1, -0.05) is 23.2 Å². The molecule has 2 aromatic rings. The first-order valence-electron chi connectivity index (χ1n) is 9.25. The summed E-state index contributed by atoms with van der Waals surface area (Å²) >= 11 is 12.0. The molecule has 1 fully saturated rings. The highest BCUT2D eigenvalue weighted by Gasteiger charge is 2.20. The van der Waals surface area contributed by atoms with Crippen molar-refractivity contribution in [2.24, 2.45) is 0 Å². The molecule has 0 radical (unpaired) electrons. The molecule has 3 rings (SSSR count). The van der Waals surface area contributed by atoms with Gasteiger partial charge in [-0.2, -0.15) is 0 Å². The van der Waals surface area contributed by atoms with Gasteiger partial charge in [0, 0.05) is 38.4 Å². The molecular formula is C20H23Cl2N3O3. The van der Waals surface area contributed by atoms with Crippen LogP contribution in [0.3, 0.4) is 0 Å². The number of hydrogen-bond donors (Lipinski definition) is 2. The highest BCUT2D eigenvalue weighted by atomic mass is 35.5. The van der Waals surface area contributed by atoms with Crippen molar-refractivity contribution >= 4 is 29.1 Å². The number of benzene rings is 1. The Morgan fingerprint density at radius 2 is 2.04 bits per heavy atom. The van der Waals surface area contributed by atoms with Crippen LogP contribution in [-0.4, -0.2) is 53.2 Å². The Kier molecular flexibility index (Phi) is 7.36. The topological polar surface area (TPSA) is 74.7 Å². The van der Waals surface area contributed by atoms with Gasteiger partial charge in [0.25, 0.3) is 0 Å². The Labute approximate surface area is 174 Å². The van der Waals surface area contributed by atoms with E-state index >= 15 is 0 Å². The number of rotatable bonds is 7. The fourth-order valence-electron chi connectivity index (χ4n) is 3.13. The van der Waals surface area contributed by atoms with Gasteiger partial charge in [-0.05, 0) is 37.1 Å². The number of piperidine rings is 1. The van der Waals surface area contributed by atoms with E-state index in [1.807, 2.05) is 6.07 Å². The number of amides is 1. The molecule has 0 unspecified atom stereocenters. The number of carbonyl (C=O) groups is 1. The Morgan fingerprint density at radius 1 is 1.25 bits per heavy atom. The molecule has 1 amide bonds. The molecule has 0 bridgehead atoms. The Balaban J connectivity index is 1.35. The van der Waals surface area contributed by atoms with Gasteiger partial charge in [0.2, 0.25) is 5.91 Å². The summed E-state index contributed by atoms with van der Waals surface area (Å²) in [5.41, 5.74) is 0.389. The van der Waals surface area contributed by atoms with Crippen LogP contribution in [0.5, 0.6) is 11.5 Å². The smallest absolute Gasteiger partial charge is 0.226 e. The number of hydrogen-bond acceptors (Lipinski definition) is 5. The Bertz CT molecular complexity index is 811. The van der Waals surface area contributed by atoms with E-state index in [-0.39, 0.29) is 24.2 Å². The van der Waals surface area contributed by atoms with Crippen LogP contribution < -0.4 is 10.1 Å². The maximum Gasteiger partial charge on any atom is 0.226 e. The first-order chi connectivity index (χ1) is 13.5. The third-order valence-electron chi connectivity index (χ3n) is 4.67. The van der Waals surface area contributed by atoms with Crippen LogP contribution in [0.25, 0.3) is 0 Å². The lowest BCUT2D eigenvalue weighted by atomic mass is 10.1. The normalized spacial score (nSPS) is 15.4. The number of likely N-dealkylation sites (tertiary alicyclic amines) is 1. The summed E-state index contributed by atoms with van der Waals surface area (Å²) in [6.07, 6.45) is 3.61. The molecule has 2 N–H and O–H groups in total. The van der Waals surface area contributed by atoms with E-state index in [9.17, 15) is 9.90 Å². The monoisotopic (exact) mass is 423 g/mol. The van der Waals surface area contributed by atoms with Crippen molar-refractivity contribution in [2.75, 3.05) is 26.2 Å². The Morgan fingerprint density at radius 3 is 2.75 bits per heavy atom. The van der Waals surface area contributed by atoms with Crippen LogP contribution in [0.15, 0.2) is 36.5 Å². The molecule has 28 heavy (non-hydrogen) atoms. The molecule has 0 saturated carbocycles. The largest absolute Gasteiger partial charge is 0.506 e. The van der Waals surface area contributed by atoms with E-state index in [1.54, 1.807) is 24.4 Å². The van der Waals surface area contributed by atoms with Crippen molar-refractivity contribution in [1.29, 1.82) is 0 Å². The average molecular weight is 424 g/mol. The fourth-order valence-corrected chi connectivity index (χ4v) is 3.42. The van der Waals surface area contributed by atoms with Crippen molar-refractivity contribution in [2.45, 2.75) is 25.4 Å². The first kappa shape index (κ1) is 20.7. The number of carbonyl (C=O) groups excluding carboxylic acids is 1. The first-order valence-corrected chi connectivity index (χ1v) is 10.0. The third kappa shape index (κ3) is 5.99. The zero-order valence-corrected chi connectivity index (χ0v) is 16.9. The van der Waals surface area contributed by atoms with E-state index in [0.29, 0.717) is 22.3 Å². The van der Waals surface area contributed by atoms with Crippen LogP contribution in [0.4, 0.5) is 0 Å². The van der Waals surface area contributed by atoms with Gasteiger partial charge < -0.3 is 20.1 Å². The number of ether oxygens (including phenoxy) is 1. The van der Waals surface area contributed by atoms with E-state index in [0.717, 1.165) is 38.2 Å². The summed E-state index contributed by atoms with van der Waals surface area (Å²) in [4.78, 5) is 18.3. The molecular weight excluding hydrogens is 401 g/mol. The molecule has 1 aromatic heterocycles. The summed E-state index contributed by atoms with van der Waals surface area (Å²) in [6.45, 7) is 3.15. The molecule has 0 spiro atoms. The lowest BCUT2D eigenvalue weighted by molar-refractivity contribution is -0.120. The Hall–Kier alpha value is -2.02. The van der Waals surface area contributed by atoms with Crippen LogP contribution in [0.1, 0.15) is 18.5 Å². The summed E-state index contributed by atoms with van der Waals surface area (Å²) in [5.74, 6) is 0.631. The van der Waals surface area contributed by atoms with E-state index < -0.39 is 0 Å². The third-order valence-corrected chi connectivity index (χ3v) is 5.41. The zero-order valence-electron chi connectivity index (χ0n) is 15.4. The van der Waals surface area contributed by atoms with Gasteiger partial charge in [0.05, 0.1) is 22.2 Å². The average Bonchev–Trinajstić information content (AvgIpc) is 2.68. The van der Waals surface area contributed by atoms with Crippen LogP contribution in [0.2, 0.25) is 10.0 Å². The maximum atomic E-state index is 12.0. The number of pyridine rings is 1. The number of aromatic hydroxyl groups is 1. The minimum absolute atomic E-state index is 0.0432. The van der Waals surface area contributed by atoms with Gasteiger partial charge in [-0.3, -0.25) is 9.78 Å². The van der Waals surface area contributed by atoms with Crippen molar-refractivity contribution in [1.82, 2.24) is 15.2 Å². The highest BCUT2D eigenvalue weighted by molar-refractivity contribution is 6.42. The molecule has 0 atom stereocenters. The van der Waals surface area contributed by atoms with Crippen LogP contribution in [-0.2, 0) is 11.2 Å². The van der Waals surface area contributed by atoms with Crippen molar-refractivity contribution in [3.8, 4) is 11.5 Å². The molecule has 1 aliphatic rings. The summed E-state index contributed by atoms with van der Waals surface area (Å²) in [7, 11) is 0. The van der Waals surface area contributed by atoms with Crippen LogP contribution >= 0.6 is 23.2 Å². The summed E-state index contributed by atoms with van der Waals surface area (Å²) < 4.78 is 5.99. The highest BCUT2D eigenvalue weighted by Crippen LogP contribution is 2.28. The van der Waals surface area contributed by atoms with Crippen molar-refractivity contribution < 1.29 is 14.6 Å². The van der Waals surface area contributed by atoms with Gasteiger partial charge >= 0.3 is 0 Å². The minimum atomic E-state index is -0.146. The lowest BCUT2D eigenvalue weighted by Crippen LogP contribution is -2.42. The van der Waals surface area contributed by atoms with E-state index in [2.05, 4.69) is 15.2 Å². The molecule has 1 aromatic carbocycles. The predicted molar refractivity (Wildman–Crippen MR) is 109 cm³/mol. The molecule has 1 aliphatic heterocycles. The second kappa shape index (κ2) is 9.96. The minimum Gasteiger partial charge on any atom is -0.506 e. The second-order valence-electron chi connectivity index (χ2n) is 6.73. The fraction of sp³-hybridized carbons (Fsp3) is 0.400. The molecule has 6 nitrogen and oxygen atoms in total. The second-order valence-corrected chi connectivity index (χ2v) is 7.55. The summed E-state index contributed by atoms with van der Waals surface area (Å²) in [6, 6.07) is 8.47. The van der Waals surface area contributed by atoms with Crippen LogP contribution in [0, 0.1) is 0 Å². The SMILES string of the molecule is O=C(Cc1ncccc1O)NCCN1CCC(Oc2ccc(Cl)c(Cl)c2)CC1. The number of halogens is 2. The van der Waals surface area contributed by atoms with Gasteiger partial charge in [0.1, 0.15) is 17.6 Å². The van der Waals surface area contributed by atoms with Gasteiger partial charge in [0.15, 0.2) is 0 Å². The van der Waals surface area contributed by atoms with Gasteiger partial charge in [-0.15, -0.1) is 0 Å². The lowest BCUT2D eigenvalue weighted by Gasteiger charge is -2.32. The molecule has 0 aliphatic carbocycles. The zero-order chi connectivity index (χ0) is 19.9. The molecule has 2 heterocycles. The molecule has 8 heteroatoms. The van der Waals surface area contributed by atoms with E-state index in [4.69, 9.17) is 27.9 Å². The summed E-state index contributed by atoms with van der Waals surface area (Å²) in [5, 5.41) is 13.6. The van der Waals surface area contributed by atoms with Gasteiger partial charge in [-0.25, -0.2) is 0 Å². The molecule has 150 valence electrons. The van der Waals surface area contributed by atoms with Crippen molar-refractivity contribution in [3.63, 3.8) is 0 Å². The quantitative estimate of drug-likeness (QED) is 0.714. The number of nitrogens with one attached hydrogen (secondary N) is 1.